The summed E-state index contributed by atoms with van der Waals surface area (Å²) in [5.74, 6) is 1.78. The van der Waals surface area contributed by atoms with Gasteiger partial charge >= 0.3 is 0 Å². The van der Waals surface area contributed by atoms with Crippen LogP contribution in [0.25, 0.3) is 0 Å². The van der Waals surface area contributed by atoms with Crippen LogP contribution in [0, 0.1) is 0 Å². The molecule has 13 heavy (non-hydrogen) atoms. The van der Waals surface area contributed by atoms with Crippen molar-refractivity contribution in [2.24, 2.45) is 5.73 Å². The van der Waals surface area contributed by atoms with E-state index in [4.69, 9.17) is 5.73 Å². The Kier molecular flexibility index (Phi) is 7.83. The van der Waals surface area contributed by atoms with Crippen molar-refractivity contribution < 1.29 is 4.79 Å². The minimum Gasteiger partial charge on any atom is -0.354 e. The molecule has 0 aromatic carbocycles. The van der Waals surface area contributed by atoms with Crippen molar-refractivity contribution in [1.29, 1.82) is 0 Å². The number of rotatable bonds is 7. The van der Waals surface area contributed by atoms with Crippen molar-refractivity contribution in [3.63, 3.8) is 0 Å². The topological polar surface area (TPSA) is 55.1 Å². The van der Waals surface area contributed by atoms with Crippen LogP contribution in [-0.4, -0.2) is 30.0 Å². The minimum absolute atomic E-state index is 0.0540. The van der Waals surface area contributed by atoms with E-state index in [0.29, 0.717) is 13.0 Å². The van der Waals surface area contributed by atoms with Gasteiger partial charge in [0.05, 0.1) is 6.04 Å². The van der Waals surface area contributed by atoms with Crippen LogP contribution < -0.4 is 11.1 Å². The first-order valence-corrected chi connectivity index (χ1v) is 5.59. The van der Waals surface area contributed by atoms with Crippen LogP contribution in [0.15, 0.2) is 12.7 Å². The predicted molar refractivity (Wildman–Crippen MR) is 58.8 cm³/mol. The molecule has 0 saturated carbocycles. The second-order valence-electron chi connectivity index (χ2n) is 2.67. The summed E-state index contributed by atoms with van der Waals surface area (Å²) < 4.78 is 0. The van der Waals surface area contributed by atoms with Crippen molar-refractivity contribution in [3.8, 4) is 0 Å². The Morgan fingerprint density at radius 3 is 3.00 bits per heavy atom. The Hall–Kier alpha value is -0.480. The molecule has 0 rings (SSSR count). The van der Waals surface area contributed by atoms with Gasteiger partial charge in [0.25, 0.3) is 0 Å². The summed E-state index contributed by atoms with van der Waals surface area (Å²) in [5, 5.41) is 2.77. The SMILES string of the molecule is C=CCSCCNC(=O)[C@H](N)CC. The quantitative estimate of drug-likeness (QED) is 0.473. The molecular weight excluding hydrogens is 184 g/mol. The second kappa shape index (κ2) is 8.13. The smallest absolute Gasteiger partial charge is 0.236 e. The lowest BCUT2D eigenvalue weighted by molar-refractivity contribution is -0.122. The molecule has 0 spiro atoms. The van der Waals surface area contributed by atoms with E-state index in [9.17, 15) is 4.79 Å². The van der Waals surface area contributed by atoms with Gasteiger partial charge in [-0.1, -0.05) is 13.0 Å². The summed E-state index contributed by atoms with van der Waals surface area (Å²) in [6.45, 7) is 6.19. The summed E-state index contributed by atoms with van der Waals surface area (Å²) in [6.07, 6.45) is 2.54. The number of amides is 1. The van der Waals surface area contributed by atoms with Crippen LogP contribution in [0.3, 0.4) is 0 Å². The van der Waals surface area contributed by atoms with Crippen LogP contribution in [0.5, 0.6) is 0 Å². The van der Waals surface area contributed by atoms with Gasteiger partial charge in [0, 0.05) is 18.1 Å². The van der Waals surface area contributed by atoms with E-state index >= 15 is 0 Å². The molecule has 0 heterocycles. The number of carbonyl (C=O) groups excluding carboxylic acids is 1. The number of nitrogens with one attached hydrogen (secondary N) is 1. The average Bonchev–Trinajstić information content (AvgIpc) is 2.16. The van der Waals surface area contributed by atoms with Gasteiger partial charge in [0.1, 0.15) is 0 Å². The Morgan fingerprint density at radius 1 is 1.77 bits per heavy atom. The fourth-order valence-corrected chi connectivity index (χ4v) is 1.31. The number of hydrogen-bond donors (Lipinski definition) is 2. The molecule has 0 unspecified atom stereocenters. The third kappa shape index (κ3) is 6.66. The van der Waals surface area contributed by atoms with Crippen molar-refractivity contribution in [1.82, 2.24) is 5.32 Å². The predicted octanol–water partition coefficient (Wildman–Crippen LogP) is 0.759. The van der Waals surface area contributed by atoms with Gasteiger partial charge in [-0.05, 0) is 6.42 Å². The van der Waals surface area contributed by atoms with Gasteiger partial charge in [-0.25, -0.2) is 0 Å². The minimum atomic E-state index is -0.357. The molecule has 0 bridgehead atoms. The van der Waals surface area contributed by atoms with Crippen LogP contribution in [-0.2, 0) is 4.79 Å². The molecule has 1 amide bonds. The summed E-state index contributed by atoms with van der Waals surface area (Å²) in [4.78, 5) is 11.1. The molecule has 0 aliphatic rings. The Morgan fingerprint density at radius 2 is 2.46 bits per heavy atom. The average molecular weight is 202 g/mol. The standard InChI is InChI=1S/C9H18N2OS/c1-3-6-13-7-5-11-9(12)8(10)4-2/h3,8H,1,4-7,10H2,2H3,(H,11,12)/t8-/m1/s1. The van der Waals surface area contributed by atoms with Crippen molar-refractivity contribution in [2.75, 3.05) is 18.1 Å². The molecule has 0 aromatic heterocycles. The molecule has 0 aromatic rings. The first-order valence-electron chi connectivity index (χ1n) is 4.44. The van der Waals surface area contributed by atoms with E-state index in [-0.39, 0.29) is 11.9 Å². The van der Waals surface area contributed by atoms with Gasteiger partial charge in [-0.2, -0.15) is 11.8 Å². The summed E-state index contributed by atoms with van der Waals surface area (Å²) >= 11 is 1.74. The summed E-state index contributed by atoms with van der Waals surface area (Å²) in [5.41, 5.74) is 5.52. The van der Waals surface area contributed by atoms with E-state index < -0.39 is 0 Å². The highest BCUT2D eigenvalue weighted by molar-refractivity contribution is 7.99. The Balaban J connectivity index is 3.31. The van der Waals surface area contributed by atoms with Crippen LogP contribution in [0.4, 0.5) is 0 Å². The highest BCUT2D eigenvalue weighted by Crippen LogP contribution is 1.97. The molecule has 0 fully saturated rings. The molecule has 3 nitrogen and oxygen atoms in total. The molecule has 0 radical (unpaired) electrons. The number of nitrogens with two attached hydrogens (primary N) is 1. The summed E-state index contributed by atoms with van der Waals surface area (Å²) in [7, 11) is 0. The van der Waals surface area contributed by atoms with Gasteiger partial charge in [0.2, 0.25) is 5.91 Å². The molecule has 3 N–H and O–H groups in total. The molecule has 4 heteroatoms. The van der Waals surface area contributed by atoms with Crippen LogP contribution in [0.1, 0.15) is 13.3 Å². The Bertz CT molecular complexity index is 162. The molecule has 0 saturated heterocycles. The maximum atomic E-state index is 11.1. The van der Waals surface area contributed by atoms with E-state index in [0.717, 1.165) is 11.5 Å². The van der Waals surface area contributed by atoms with Crippen molar-refractivity contribution in [3.05, 3.63) is 12.7 Å². The third-order valence-corrected chi connectivity index (χ3v) is 2.52. The summed E-state index contributed by atoms with van der Waals surface area (Å²) in [6, 6.07) is -0.357. The zero-order valence-corrected chi connectivity index (χ0v) is 8.90. The largest absolute Gasteiger partial charge is 0.354 e. The first kappa shape index (κ1) is 12.5. The lowest BCUT2D eigenvalue weighted by atomic mass is 10.2. The monoisotopic (exact) mass is 202 g/mol. The molecular formula is C9H18N2OS. The first-order chi connectivity index (χ1) is 6.22. The molecule has 0 aliphatic carbocycles. The highest BCUT2D eigenvalue weighted by Gasteiger charge is 2.08. The fraction of sp³-hybridized carbons (Fsp3) is 0.667. The van der Waals surface area contributed by atoms with E-state index in [1.165, 1.54) is 0 Å². The second-order valence-corrected chi connectivity index (χ2v) is 3.82. The maximum Gasteiger partial charge on any atom is 0.236 e. The Labute approximate surface area is 84.1 Å². The normalized spacial score (nSPS) is 12.2. The van der Waals surface area contributed by atoms with Gasteiger partial charge in [0.15, 0.2) is 0 Å². The molecule has 0 aliphatic heterocycles. The van der Waals surface area contributed by atoms with Crippen molar-refractivity contribution >= 4 is 17.7 Å². The van der Waals surface area contributed by atoms with E-state index in [1.54, 1.807) is 11.8 Å². The van der Waals surface area contributed by atoms with Crippen LogP contribution in [0.2, 0.25) is 0 Å². The zero-order chi connectivity index (χ0) is 10.1. The van der Waals surface area contributed by atoms with Gasteiger partial charge in [-0.3, -0.25) is 4.79 Å². The zero-order valence-electron chi connectivity index (χ0n) is 8.08. The number of thioether (sulfide) groups is 1. The highest BCUT2D eigenvalue weighted by atomic mass is 32.2. The van der Waals surface area contributed by atoms with Crippen molar-refractivity contribution in [2.45, 2.75) is 19.4 Å². The van der Waals surface area contributed by atoms with E-state index in [1.807, 2.05) is 13.0 Å². The third-order valence-electron chi connectivity index (χ3n) is 1.56. The number of carbonyl (C=O) groups is 1. The number of hydrogen-bond acceptors (Lipinski definition) is 3. The lowest BCUT2D eigenvalue weighted by Gasteiger charge is -2.09. The van der Waals surface area contributed by atoms with E-state index in [2.05, 4.69) is 11.9 Å². The fourth-order valence-electron chi connectivity index (χ4n) is 0.730. The van der Waals surface area contributed by atoms with Gasteiger partial charge in [-0.15, -0.1) is 6.58 Å². The molecule has 1 atom stereocenters. The van der Waals surface area contributed by atoms with Crippen LogP contribution >= 0.6 is 11.8 Å². The molecule has 76 valence electrons. The maximum absolute atomic E-state index is 11.1. The van der Waals surface area contributed by atoms with Gasteiger partial charge < -0.3 is 11.1 Å². The lowest BCUT2D eigenvalue weighted by Crippen LogP contribution is -2.40.